The number of rotatable bonds is 3. The lowest BCUT2D eigenvalue weighted by Gasteiger charge is -2.30. The maximum atomic E-state index is 12.0. The number of carbonyl (C=O) groups is 1. The first-order valence-electron chi connectivity index (χ1n) is 5.91. The molecule has 6 heteroatoms. The first-order valence-corrected chi connectivity index (χ1v) is 7.58. The summed E-state index contributed by atoms with van der Waals surface area (Å²) in [4.78, 5) is 15.2. The monoisotopic (exact) mass is 352 g/mol. The van der Waals surface area contributed by atoms with Crippen molar-refractivity contribution < 1.29 is 4.79 Å². The molecule has 1 saturated heterocycles. The Morgan fingerprint density at radius 1 is 1.50 bits per heavy atom. The number of likely N-dealkylation sites (tertiary alicyclic amines) is 1. The van der Waals surface area contributed by atoms with Crippen LogP contribution in [0.15, 0.2) is 15.9 Å². The van der Waals surface area contributed by atoms with Crippen LogP contribution in [0.3, 0.4) is 0 Å². The lowest BCUT2D eigenvalue weighted by Crippen LogP contribution is -2.42. The molecule has 2 N–H and O–H groups in total. The molecule has 1 aliphatic rings. The minimum Gasteiger partial charge on any atom is -0.343 e. The summed E-state index contributed by atoms with van der Waals surface area (Å²) < 4.78 is 1.11. The Morgan fingerprint density at radius 3 is 2.72 bits per heavy atom. The fourth-order valence-corrected chi connectivity index (χ4v) is 3.48. The molecule has 18 heavy (non-hydrogen) atoms. The van der Waals surface area contributed by atoms with Gasteiger partial charge in [0.25, 0.3) is 0 Å². The highest BCUT2D eigenvalue weighted by Gasteiger charge is 2.20. The zero-order chi connectivity index (χ0) is 12.3. The molecule has 0 radical (unpaired) electrons. The Morgan fingerprint density at radius 2 is 2.17 bits per heavy atom. The number of hydrogen-bond acceptors (Lipinski definition) is 3. The average molecular weight is 354 g/mol. The van der Waals surface area contributed by atoms with E-state index in [1.165, 1.54) is 4.88 Å². The van der Waals surface area contributed by atoms with E-state index in [0.717, 1.165) is 36.8 Å². The molecule has 0 atom stereocenters. The first-order chi connectivity index (χ1) is 8.15. The predicted molar refractivity (Wildman–Crippen MR) is 81.4 cm³/mol. The number of carbonyl (C=O) groups excluding carboxylic acids is 1. The minimum absolute atomic E-state index is 0. The van der Waals surface area contributed by atoms with Crippen molar-refractivity contribution in [2.75, 3.05) is 13.1 Å². The third kappa shape index (κ3) is 4.53. The SMILES string of the molecule is Cl.NC1CCN(C(=O)CCc2cc(Br)cs2)CC1. The van der Waals surface area contributed by atoms with Gasteiger partial charge in [0.15, 0.2) is 0 Å². The van der Waals surface area contributed by atoms with Crippen molar-refractivity contribution in [3.8, 4) is 0 Å². The van der Waals surface area contributed by atoms with Crippen LogP contribution < -0.4 is 5.73 Å². The highest BCUT2D eigenvalue weighted by Crippen LogP contribution is 2.21. The van der Waals surface area contributed by atoms with Crippen molar-refractivity contribution in [2.45, 2.75) is 31.7 Å². The molecule has 102 valence electrons. The molecule has 1 amide bonds. The summed E-state index contributed by atoms with van der Waals surface area (Å²) in [7, 11) is 0. The van der Waals surface area contributed by atoms with Gasteiger partial charge in [0.2, 0.25) is 5.91 Å². The van der Waals surface area contributed by atoms with Crippen LogP contribution in [0, 0.1) is 0 Å². The molecular weight excluding hydrogens is 336 g/mol. The Labute approximate surface area is 126 Å². The van der Waals surface area contributed by atoms with Crippen LogP contribution in [0.4, 0.5) is 0 Å². The topological polar surface area (TPSA) is 46.3 Å². The molecule has 0 aromatic carbocycles. The van der Waals surface area contributed by atoms with Crippen molar-refractivity contribution in [1.29, 1.82) is 0 Å². The van der Waals surface area contributed by atoms with Gasteiger partial charge < -0.3 is 10.6 Å². The summed E-state index contributed by atoms with van der Waals surface area (Å²) in [5, 5.41) is 2.06. The van der Waals surface area contributed by atoms with E-state index in [4.69, 9.17) is 5.73 Å². The van der Waals surface area contributed by atoms with E-state index in [1.54, 1.807) is 11.3 Å². The first kappa shape index (κ1) is 16.0. The second-order valence-electron chi connectivity index (χ2n) is 4.45. The predicted octanol–water partition coefficient (Wildman–Crippen LogP) is 2.81. The Kier molecular flexibility index (Phi) is 6.63. The Bertz CT molecular complexity index is 391. The van der Waals surface area contributed by atoms with Crippen molar-refractivity contribution >= 4 is 45.6 Å². The number of hydrogen-bond donors (Lipinski definition) is 1. The van der Waals surface area contributed by atoms with E-state index < -0.39 is 0 Å². The van der Waals surface area contributed by atoms with E-state index in [1.807, 2.05) is 4.90 Å². The molecule has 0 unspecified atom stereocenters. The lowest BCUT2D eigenvalue weighted by atomic mass is 10.1. The molecule has 2 rings (SSSR count). The van der Waals surface area contributed by atoms with E-state index in [9.17, 15) is 4.79 Å². The molecule has 1 aliphatic heterocycles. The van der Waals surface area contributed by atoms with Gasteiger partial charge in [-0.2, -0.15) is 0 Å². The molecular formula is C12H18BrClN2OS. The Hall–Kier alpha value is -0.100. The van der Waals surface area contributed by atoms with Gasteiger partial charge in [-0.1, -0.05) is 0 Å². The van der Waals surface area contributed by atoms with E-state index >= 15 is 0 Å². The standard InChI is InChI=1S/C12H17BrN2OS.ClH/c13-9-7-11(17-8-9)1-2-12(16)15-5-3-10(14)4-6-15;/h7-8,10H,1-6,14H2;1H. The molecule has 2 heterocycles. The largest absolute Gasteiger partial charge is 0.343 e. The molecule has 1 aromatic heterocycles. The van der Waals surface area contributed by atoms with Crippen LogP contribution in [-0.2, 0) is 11.2 Å². The number of nitrogens with two attached hydrogens (primary N) is 1. The van der Waals surface area contributed by atoms with Crippen LogP contribution in [-0.4, -0.2) is 29.9 Å². The number of amides is 1. The number of thiophene rings is 1. The maximum Gasteiger partial charge on any atom is 0.222 e. The fraction of sp³-hybridized carbons (Fsp3) is 0.583. The number of halogens is 2. The van der Waals surface area contributed by atoms with Crippen LogP contribution in [0.2, 0.25) is 0 Å². The zero-order valence-corrected chi connectivity index (χ0v) is 13.3. The quantitative estimate of drug-likeness (QED) is 0.908. The highest BCUT2D eigenvalue weighted by molar-refractivity contribution is 9.10. The van der Waals surface area contributed by atoms with Crippen LogP contribution in [0.1, 0.15) is 24.1 Å². The van der Waals surface area contributed by atoms with Crippen molar-refractivity contribution in [2.24, 2.45) is 5.73 Å². The van der Waals surface area contributed by atoms with Crippen molar-refractivity contribution in [1.82, 2.24) is 4.90 Å². The fourth-order valence-electron chi connectivity index (χ4n) is 2.02. The summed E-state index contributed by atoms with van der Waals surface area (Å²) >= 11 is 5.12. The highest BCUT2D eigenvalue weighted by atomic mass is 79.9. The van der Waals surface area contributed by atoms with Gasteiger partial charge in [-0.3, -0.25) is 4.79 Å². The maximum absolute atomic E-state index is 12.0. The second kappa shape index (κ2) is 7.48. The zero-order valence-electron chi connectivity index (χ0n) is 10.1. The number of aryl methyl sites for hydroxylation is 1. The average Bonchev–Trinajstić information content (AvgIpc) is 2.73. The number of piperidine rings is 1. The second-order valence-corrected chi connectivity index (χ2v) is 6.36. The summed E-state index contributed by atoms with van der Waals surface area (Å²) in [6.07, 6.45) is 3.34. The van der Waals surface area contributed by atoms with Gasteiger partial charge in [0.05, 0.1) is 0 Å². The Balaban J connectivity index is 0.00000162. The summed E-state index contributed by atoms with van der Waals surface area (Å²) in [5.74, 6) is 0.265. The molecule has 0 aliphatic carbocycles. The van der Waals surface area contributed by atoms with Crippen molar-refractivity contribution in [3.63, 3.8) is 0 Å². The molecule has 1 fully saturated rings. The van der Waals surface area contributed by atoms with E-state index in [-0.39, 0.29) is 24.4 Å². The van der Waals surface area contributed by atoms with Gasteiger partial charge in [0, 0.05) is 40.3 Å². The normalized spacial score (nSPS) is 16.4. The lowest BCUT2D eigenvalue weighted by molar-refractivity contribution is -0.132. The van der Waals surface area contributed by atoms with Gasteiger partial charge in [0.1, 0.15) is 0 Å². The molecule has 0 spiro atoms. The van der Waals surface area contributed by atoms with Gasteiger partial charge in [-0.25, -0.2) is 0 Å². The summed E-state index contributed by atoms with van der Waals surface area (Å²) in [6.45, 7) is 1.66. The number of nitrogens with zero attached hydrogens (tertiary/aromatic N) is 1. The molecule has 0 saturated carbocycles. The third-order valence-corrected chi connectivity index (χ3v) is 4.86. The smallest absolute Gasteiger partial charge is 0.222 e. The molecule has 3 nitrogen and oxygen atoms in total. The van der Waals surface area contributed by atoms with Crippen LogP contribution in [0.25, 0.3) is 0 Å². The minimum atomic E-state index is 0. The van der Waals surface area contributed by atoms with Gasteiger partial charge in [-0.15, -0.1) is 23.7 Å². The molecule has 0 bridgehead atoms. The van der Waals surface area contributed by atoms with Crippen LogP contribution in [0.5, 0.6) is 0 Å². The van der Waals surface area contributed by atoms with Gasteiger partial charge in [-0.05, 0) is 41.3 Å². The third-order valence-electron chi connectivity index (χ3n) is 3.10. The summed E-state index contributed by atoms with van der Waals surface area (Å²) in [6, 6.07) is 2.37. The van der Waals surface area contributed by atoms with E-state index in [2.05, 4.69) is 27.4 Å². The van der Waals surface area contributed by atoms with Crippen molar-refractivity contribution in [3.05, 3.63) is 20.8 Å². The molecule has 1 aromatic rings. The van der Waals surface area contributed by atoms with E-state index in [0.29, 0.717) is 6.42 Å². The van der Waals surface area contributed by atoms with Gasteiger partial charge >= 0.3 is 0 Å². The summed E-state index contributed by atoms with van der Waals surface area (Å²) in [5.41, 5.74) is 5.82. The van der Waals surface area contributed by atoms with Crippen LogP contribution >= 0.6 is 39.7 Å².